The number of ether oxygens (including phenoxy) is 8. The van der Waals surface area contributed by atoms with E-state index in [2.05, 4.69) is 44.5 Å². The average Bonchev–Trinajstić information content (AvgIpc) is 0.728. The number of hydrogen-bond donors (Lipinski definition) is 1. The van der Waals surface area contributed by atoms with Gasteiger partial charge < -0.3 is 43.0 Å². The Kier molecular flexibility index (Phi) is 40.4. The van der Waals surface area contributed by atoms with E-state index in [1.165, 1.54) is 25.7 Å². The summed E-state index contributed by atoms with van der Waals surface area (Å²) in [6, 6.07) is 3.56. The van der Waals surface area contributed by atoms with Gasteiger partial charge in [-0.2, -0.15) is 132 Å². The van der Waals surface area contributed by atoms with Gasteiger partial charge in [0.15, 0.2) is 0 Å². The Morgan fingerprint density at radius 1 is 0.355 bits per heavy atom. The molecule has 141 heavy (non-hydrogen) atoms. The fourth-order valence-electron chi connectivity index (χ4n) is 18.3. The molecule has 0 heterocycles. The molecule has 4 unspecified atom stereocenters. The maximum Gasteiger partial charge on any atom is 0.411 e. The van der Waals surface area contributed by atoms with Gasteiger partial charge in [0, 0.05) is 90.3 Å². The Labute approximate surface area is 788 Å². The van der Waals surface area contributed by atoms with Gasteiger partial charge in [0.25, 0.3) is 0 Å². The Morgan fingerprint density at radius 3 is 0.929 bits per heavy atom. The maximum atomic E-state index is 13.1. The zero-order valence-electron chi connectivity index (χ0n) is 78.5. The summed E-state index contributed by atoms with van der Waals surface area (Å²) in [6.45, 7) is 9.78. The first-order chi connectivity index (χ1) is 63.5. The smallest absolute Gasteiger partial charge is 0.411 e. The van der Waals surface area contributed by atoms with Crippen molar-refractivity contribution in [3.63, 3.8) is 0 Å². The third-order valence-electron chi connectivity index (χ3n) is 24.1. The molecule has 4 atom stereocenters. The van der Waals surface area contributed by atoms with Crippen molar-refractivity contribution < 1.29 is 231 Å². The molecule has 2 aromatic carbocycles. The van der Waals surface area contributed by atoms with Crippen molar-refractivity contribution in [2.75, 3.05) is 7.11 Å². The van der Waals surface area contributed by atoms with Gasteiger partial charge in [0.1, 0.15) is 57.1 Å². The largest absolute Gasteiger partial charge is 0.464 e. The van der Waals surface area contributed by atoms with Crippen LogP contribution in [0.3, 0.4) is 0 Å². The fraction of sp³-hybridized carbons (Fsp3) is 0.767. The first-order valence-electron chi connectivity index (χ1n) is 44.2. The lowest BCUT2D eigenvalue weighted by molar-refractivity contribution is -0.301. The van der Waals surface area contributed by atoms with Crippen LogP contribution in [0, 0.1) is 64.8 Å². The highest BCUT2D eigenvalue weighted by molar-refractivity contribution is 5.86. The predicted octanol–water partition coefficient (Wildman–Crippen LogP) is 25.0. The van der Waals surface area contributed by atoms with Crippen molar-refractivity contribution >= 4 is 53.5 Å². The normalized spacial score (nSPS) is 24.8. The van der Waals surface area contributed by atoms with Crippen LogP contribution in [0.2, 0.25) is 0 Å². The number of unbranched alkanes of at least 4 members (excludes halogenated alkanes) is 3. The quantitative estimate of drug-likeness (QED) is 0.0330. The van der Waals surface area contributed by atoms with Crippen molar-refractivity contribution in [3.8, 4) is 11.5 Å². The third kappa shape index (κ3) is 30.8. The molecule has 0 aliphatic heterocycles. The van der Waals surface area contributed by atoms with Crippen LogP contribution in [0.25, 0.3) is 0 Å². The molecule has 2 aromatic rings. The number of esters is 8. The molecular formula is C90H111F33O18. The van der Waals surface area contributed by atoms with Gasteiger partial charge in [-0.15, -0.1) is 0 Å². The number of aliphatic hydroxyl groups is 1. The molecule has 0 amide bonds. The molecule has 810 valence electrons. The highest BCUT2D eigenvalue weighted by atomic mass is 19.4. The topological polar surface area (TPSA) is 248 Å². The monoisotopic (exact) mass is 2110 g/mol. The summed E-state index contributed by atoms with van der Waals surface area (Å²) in [5, 5.41) is 10.6. The summed E-state index contributed by atoms with van der Waals surface area (Å²) < 4.78 is 452. The van der Waals surface area contributed by atoms with Gasteiger partial charge in [-0.1, -0.05) is 40.0 Å². The van der Waals surface area contributed by atoms with Crippen molar-refractivity contribution in [3.05, 3.63) is 59.9 Å². The number of alkyl halides is 30. The second-order valence-electron chi connectivity index (χ2n) is 38.6. The number of carbonyl (C=O) groups is 9. The van der Waals surface area contributed by atoms with E-state index in [1.807, 2.05) is 0 Å². The Hall–Kier alpha value is -8.48. The molecule has 14 rings (SSSR count). The van der Waals surface area contributed by atoms with Crippen LogP contribution in [0.1, 0.15) is 257 Å². The van der Waals surface area contributed by atoms with E-state index in [4.69, 9.17) is 14.2 Å². The van der Waals surface area contributed by atoms with Gasteiger partial charge in [-0.05, 0) is 216 Å². The number of ketones is 1. The van der Waals surface area contributed by atoms with E-state index >= 15 is 0 Å². The summed E-state index contributed by atoms with van der Waals surface area (Å²) in [4.78, 5) is 101. The van der Waals surface area contributed by atoms with Crippen molar-refractivity contribution in [2.45, 2.75) is 380 Å². The second kappa shape index (κ2) is 45.7. The summed E-state index contributed by atoms with van der Waals surface area (Å²) in [7, 11) is 0.389. The van der Waals surface area contributed by atoms with Gasteiger partial charge in [-0.25, -0.2) is 37.1 Å². The maximum absolute atomic E-state index is 13.1. The molecule has 12 bridgehead atoms. The molecule has 0 aromatic heterocycles. The van der Waals surface area contributed by atoms with Crippen molar-refractivity contribution in [1.29, 1.82) is 0 Å². The SMILES string of the molecule is CC(C)(C)OC(=O)C(F)(F)C(F)(F)C(C)(F)F.CC(C)OC(=O)C(F)(F)C(F)(F)C(C)(F)F.CC(F)(F)C(F)(F)C(F)(F)C(=O)Oc1cc(F)cc(F)c1.CC(F)(F)C(F)(F)C(F)(F)C(=O)Oc1ccc(F)cc1.CCCCC(=O)OC12CC3CC(C1)C(=O)C(C3)C2.CCCCC(=O)OC12CC3CC(CC(C3)C1)C2.CCCCC(=O)OC12CC3CC(CC(O)(C3)C1)C2.COC(=O)C(F)(F)C(F)(F)C(C)(F)F. The summed E-state index contributed by atoms with van der Waals surface area (Å²) in [5.74, 6) is -97.5. The zero-order valence-corrected chi connectivity index (χ0v) is 78.5. The highest BCUT2D eigenvalue weighted by Crippen LogP contribution is 2.62. The number of hydrogen-bond acceptors (Lipinski definition) is 18. The average molecular weight is 2110 g/mol. The lowest BCUT2D eigenvalue weighted by Gasteiger charge is -2.59. The van der Waals surface area contributed by atoms with Crippen molar-refractivity contribution in [2.24, 2.45) is 47.3 Å². The minimum atomic E-state index is -6.05. The molecule has 51 heteroatoms. The van der Waals surface area contributed by atoms with Crippen LogP contribution in [0.15, 0.2) is 42.5 Å². The summed E-state index contributed by atoms with van der Waals surface area (Å²) in [5.41, 5.74) is -2.63. The summed E-state index contributed by atoms with van der Waals surface area (Å²) >= 11 is 0. The van der Waals surface area contributed by atoms with E-state index in [0.717, 1.165) is 168 Å². The van der Waals surface area contributed by atoms with Crippen LogP contribution in [0.4, 0.5) is 145 Å². The van der Waals surface area contributed by atoms with E-state index in [9.17, 15) is 193 Å². The predicted molar refractivity (Wildman–Crippen MR) is 427 cm³/mol. The van der Waals surface area contributed by atoms with E-state index in [0.29, 0.717) is 80.6 Å². The zero-order chi connectivity index (χ0) is 109. The van der Waals surface area contributed by atoms with E-state index < -0.39 is 200 Å². The van der Waals surface area contributed by atoms with Gasteiger partial charge >= 0.3 is 137 Å². The number of halogens is 33. The van der Waals surface area contributed by atoms with Crippen LogP contribution < -0.4 is 9.47 Å². The standard InChI is InChI=1S/C15H24O3.C15H22O3.C15H24O2.C11H6F8O2.C11H7F7O2.C9H12F6O2.C8H10F6O2.C6H6F6O2/c1-2-3-4-13(16)18-15-8-11-5-12(9-15)7-14(17,6-11)10-15;1-2-3-4-13(16)18-15-7-10-5-11(8-15)14(17)12(6-10)9-15;1-2-3-4-14(16)17-15-8-11-5-12(9-15)7-13(6-11)10-15;1-9(14,15)11(18,19)10(16,17)8(20)21-7-3-5(12)2-6(13)4-7;1-9(13,14)11(17,18)10(15,16)8(19)20-7-4-2-6(12)3-5-7;1-6(2,3)17-5(16)8(12,13)9(14,15)7(4,10)11;1-4(2)16-5(15)7(11,12)8(13,14)6(3,9)10;1-4(7,8)6(11,12)5(9,10)3(13)14-2/h11-12,17H,2-10H2,1H3;10-12H,2-9H2,1H3;11-13H,2-10H2,1H3;2-4H,1H3;2-5H,1H3;1-4H3;4H,1-3H3;1-2H3. The Balaban J connectivity index is 0.000000337. The second-order valence-corrected chi connectivity index (χ2v) is 38.6. The minimum absolute atomic E-state index is 0.0282. The number of carbonyl (C=O) groups excluding carboxylic acids is 9. The molecular weight excluding hydrogens is 2000 g/mol. The first kappa shape index (κ1) is 125. The molecule has 12 aliphatic rings. The van der Waals surface area contributed by atoms with Gasteiger partial charge in [0.05, 0.1) is 18.8 Å². The molecule has 18 nitrogen and oxygen atoms in total. The molecule has 12 aliphatic carbocycles. The molecule has 0 saturated heterocycles. The number of Topliss-reactive ketones (excluding diaryl/α,β-unsaturated/α-hetero) is 1. The van der Waals surface area contributed by atoms with Gasteiger partial charge in [0.2, 0.25) is 0 Å². The number of benzene rings is 2. The first-order valence-corrected chi connectivity index (χ1v) is 44.2. The minimum Gasteiger partial charge on any atom is -0.464 e. The number of rotatable bonds is 30. The fourth-order valence-corrected chi connectivity index (χ4v) is 18.3. The van der Waals surface area contributed by atoms with Crippen LogP contribution in [-0.2, 0) is 71.6 Å². The van der Waals surface area contributed by atoms with Crippen LogP contribution in [-0.4, -0.2) is 189 Å². The molecule has 1 N–H and O–H groups in total. The van der Waals surface area contributed by atoms with E-state index in [-0.39, 0.29) is 64.7 Å². The van der Waals surface area contributed by atoms with Gasteiger partial charge in [-0.3, -0.25) is 19.2 Å². The Bertz CT molecular complexity index is 4480. The van der Waals surface area contributed by atoms with Crippen LogP contribution in [0.5, 0.6) is 11.5 Å². The molecule has 12 saturated carbocycles. The Morgan fingerprint density at radius 2 is 0.631 bits per heavy atom. The van der Waals surface area contributed by atoms with Crippen molar-refractivity contribution in [1.82, 2.24) is 0 Å². The highest BCUT2D eigenvalue weighted by Gasteiger charge is 2.79. The molecule has 0 spiro atoms. The summed E-state index contributed by atoms with van der Waals surface area (Å²) in [6.07, 6.45) is 24.7. The molecule has 12 fully saturated rings. The van der Waals surface area contributed by atoms with Crippen LogP contribution >= 0.6 is 0 Å². The lowest BCUT2D eigenvalue weighted by Crippen LogP contribution is -2.60. The lowest BCUT2D eigenvalue weighted by atomic mass is 9.52. The van der Waals surface area contributed by atoms with E-state index in [1.54, 1.807) is 0 Å². The third-order valence-corrected chi connectivity index (χ3v) is 24.1. The number of methoxy groups -OCH3 is 1. The molecule has 0 radical (unpaired) electrons.